The largest absolute Gasteiger partial charge is 0.508 e. The highest BCUT2D eigenvalue weighted by Gasteiger charge is 2.53. The van der Waals surface area contributed by atoms with Crippen LogP contribution in [-0.2, 0) is 10.3 Å². The summed E-state index contributed by atoms with van der Waals surface area (Å²) >= 11 is 0. The van der Waals surface area contributed by atoms with Crippen molar-refractivity contribution in [3.05, 3.63) is 82.9 Å². The number of esters is 1. The van der Waals surface area contributed by atoms with Gasteiger partial charge in [-0.3, -0.25) is 0 Å². The standard InChI is InChI=1S/C20H12O5.C5H14N2/c21-11-5-7-15-17(9-11)24-18-10-12(22)6-8-16(18)20(15)14-4-2-1-3-13(14)19(23)25-20;6-4-2-1-3-5-7/h1-10,21-22H;1-7H2. The lowest BCUT2D eigenvalue weighted by Gasteiger charge is -2.36. The molecule has 0 amide bonds. The highest BCUT2D eigenvalue weighted by Crippen LogP contribution is 2.56. The maximum Gasteiger partial charge on any atom is 0.340 e. The van der Waals surface area contributed by atoms with E-state index in [-0.39, 0.29) is 11.5 Å². The molecule has 2 aliphatic heterocycles. The van der Waals surface area contributed by atoms with Gasteiger partial charge in [0.15, 0.2) is 5.60 Å². The number of unbranched alkanes of at least 4 members (excludes halogenated alkanes) is 2. The number of hydrogen-bond donors (Lipinski definition) is 4. The van der Waals surface area contributed by atoms with Gasteiger partial charge in [0.2, 0.25) is 0 Å². The number of carbonyl (C=O) groups is 1. The molecule has 166 valence electrons. The number of ether oxygens (including phenoxy) is 2. The molecule has 0 aliphatic carbocycles. The van der Waals surface area contributed by atoms with Crippen molar-refractivity contribution in [1.29, 1.82) is 0 Å². The van der Waals surface area contributed by atoms with Gasteiger partial charge in [0.1, 0.15) is 23.0 Å². The number of nitrogens with two attached hydrogens (primary N) is 2. The highest BCUT2D eigenvalue weighted by molar-refractivity contribution is 5.97. The molecule has 3 aromatic carbocycles. The molecule has 0 fully saturated rings. The van der Waals surface area contributed by atoms with Crippen LogP contribution in [0.15, 0.2) is 60.7 Å². The van der Waals surface area contributed by atoms with Crippen LogP contribution in [0.4, 0.5) is 0 Å². The smallest absolute Gasteiger partial charge is 0.340 e. The Morgan fingerprint density at radius 3 is 1.88 bits per heavy atom. The van der Waals surface area contributed by atoms with Crippen LogP contribution in [0, 0.1) is 0 Å². The normalized spacial score (nSPS) is 14.4. The molecule has 7 nitrogen and oxygen atoms in total. The molecule has 0 aromatic heterocycles. The Bertz CT molecular complexity index is 1090. The number of phenols is 2. The third-order valence-corrected chi connectivity index (χ3v) is 5.59. The molecule has 6 N–H and O–H groups in total. The molecule has 0 bridgehead atoms. The molecular weight excluding hydrogens is 408 g/mol. The predicted octanol–water partition coefficient (Wildman–Crippen LogP) is 3.74. The van der Waals surface area contributed by atoms with Crippen molar-refractivity contribution in [3.63, 3.8) is 0 Å². The Labute approximate surface area is 186 Å². The zero-order valence-corrected chi connectivity index (χ0v) is 17.6. The number of fused-ring (bicyclic) bond motifs is 6. The van der Waals surface area contributed by atoms with Gasteiger partial charge in [-0.1, -0.05) is 24.6 Å². The lowest BCUT2D eigenvalue weighted by Crippen LogP contribution is -2.32. The average Bonchev–Trinajstić information content (AvgIpc) is 3.07. The molecule has 2 heterocycles. The van der Waals surface area contributed by atoms with Crippen LogP contribution in [0.5, 0.6) is 23.0 Å². The molecule has 3 aromatic rings. The number of aromatic hydroxyl groups is 2. The first-order valence-electron chi connectivity index (χ1n) is 10.6. The number of hydrogen-bond acceptors (Lipinski definition) is 7. The van der Waals surface area contributed by atoms with Crippen LogP contribution in [0.2, 0.25) is 0 Å². The molecule has 0 radical (unpaired) electrons. The second kappa shape index (κ2) is 8.90. The van der Waals surface area contributed by atoms with Gasteiger partial charge in [-0.25, -0.2) is 4.79 Å². The highest BCUT2D eigenvalue weighted by atomic mass is 16.6. The monoisotopic (exact) mass is 434 g/mol. The summed E-state index contributed by atoms with van der Waals surface area (Å²) < 4.78 is 11.8. The lowest BCUT2D eigenvalue weighted by atomic mass is 9.77. The molecule has 32 heavy (non-hydrogen) atoms. The molecule has 2 aliphatic rings. The Morgan fingerprint density at radius 2 is 1.31 bits per heavy atom. The molecular formula is C25H26N2O5. The molecule has 0 saturated carbocycles. The van der Waals surface area contributed by atoms with E-state index < -0.39 is 11.6 Å². The molecule has 1 spiro atoms. The summed E-state index contributed by atoms with van der Waals surface area (Å²) in [6.45, 7) is 1.61. The zero-order valence-electron chi connectivity index (χ0n) is 17.6. The van der Waals surface area contributed by atoms with Crippen molar-refractivity contribution in [1.82, 2.24) is 0 Å². The van der Waals surface area contributed by atoms with Crippen LogP contribution in [0.1, 0.15) is 46.3 Å². The van der Waals surface area contributed by atoms with E-state index in [1.807, 2.05) is 12.1 Å². The zero-order chi connectivity index (χ0) is 22.7. The maximum absolute atomic E-state index is 12.5. The first kappa shape index (κ1) is 21.7. The van der Waals surface area contributed by atoms with E-state index in [9.17, 15) is 15.0 Å². The first-order chi connectivity index (χ1) is 15.5. The minimum atomic E-state index is -1.17. The summed E-state index contributed by atoms with van der Waals surface area (Å²) in [5.41, 5.74) is 11.7. The summed E-state index contributed by atoms with van der Waals surface area (Å²) in [6, 6.07) is 16.6. The second-order valence-corrected chi connectivity index (χ2v) is 7.72. The van der Waals surface area contributed by atoms with Gasteiger partial charge in [0.05, 0.1) is 5.56 Å². The van der Waals surface area contributed by atoms with E-state index in [2.05, 4.69) is 0 Å². The van der Waals surface area contributed by atoms with Crippen LogP contribution in [0.25, 0.3) is 0 Å². The Kier molecular flexibility index (Phi) is 6.03. The SMILES string of the molecule is NCCCCCN.O=C1OC2(c3ccc(O)cc3Oc3cc(O)ccc32)c2ccccc21. The Balaban J connectivity index is 0.000000307. The number of carbonyl (C=O) groups excluding carboxylic acids is 1. The average molecular weight is 434 g/mol. The van der Waals surface area contributed by atoms with Gasteiger partial charge < -0.3 is 31.2 Å². The van der Waals surface area contributed by atoms with Gasteiger partial charge in [-0.15, -0.1) is 0 Å². The molecule has 5 rings (SSSR count). The number of benzene rings is 3. The van der Waals surface area contributed by atoms with E-state index in [0.29, 0.717) is 33.8 Å². The van der Waals surface area contributed by atoms with E-state index in [1.54, 1.807) is 24.3 Å². The van der Waals surface area contributed by atoms with Crippen molar-refractivity contribution in [2.75, 3.05) is 13.1 Å². The minimum absolute atomic E-state index is 0.0371. The van der Waals surface area contributed by atoms with Crippen molar-refractivity contribution in [3.8, 4) is 23.0 Å². The molecule has 0 atom stereocenters. The quantitative estimate of drug-likeness (QED) is 0.364. The number of rotatable bonds is 4. The summed E-state index contributed by atoms with van der Waals surface area (Å²) in [5, 5.41) is 19.7. The number of phenolic OH excluding ortho intramolecular Hbond substituents is 2. The van der Waals surface area contributed by atoms with Gasteiger partial charge in [-0.05, 0) is 56.3 Å². The minimum Gasteiger partial charge on any atom is -0.508 e. The molecule has 0 unspecified atom stereocenters. The van der Waals surface area contributed by atoms with Gasteiger partial charge >= 0.3 is 5.97 Å². The fourth-order valence-electron chi connectivity index (χ4n) is 4.12. The molecule has 0 saturated heterocycles. The third kappa shape index (κ3) is 3.66. The molecule has 7 heteroatoms. The van der Waals surface area contributed by atoms with Crippen LogP contribution in [-0.4, -0.2) is 29.3 Å². The van der Waals surface area contributed by atoms with E-state index in [1.165, 1.54) is 30.7 Å². The maximum atomic E-state index is 12.5. The fourth-order valence-corrected chi connectivity index (χ4v) is 4.12. The van der Waals surface area contributed by atoms with E-state index in [4.69, 9.17) is 20.9 Å². The summed E-state index contributed by atoms with van der Waals surface area (Å²) in [4.78, 5) is 12.5. The fraction of sp³-hybridized carbons (Fsp3) is 0.240. The summed E-state index contributed by atoms with van der Waals surface area (Å²) in [6.07, 6.45) is 3.43. The Hall–Kier alpha value is -3.55. The Morgan fingerprint density at radius 1 is 0.750 bits per heavy atom. The lowest BCUT2D eigenvalue weighted by molar-refractivity contribution is 0.0224. The second-order valence-electron chi connectivity index (χ2n) is 7.72. The van der Waals surface area contributed by atoms with Gasteiger partial charge in [0, 0.05) is 28.8 Å². The van der Waals surface area contributed by atoms with Crippen LogP contribution in [0.3, 0.4) is 0 Å². The van der Waals surface area contributed by atoms with E-state index >= 15 is 0 Å². The summed E-state index contributed by atoms with van der Waals surface area (Å²) in [7, 11) is 0. The van der Waals surface area contributed by atoms with Gasteiger partial charge in [0.25, 0.3) is 0 Å². The van der Waals surface area contributed by atoms with Crippen molar-refractivity contribution < 1.29 is 24.5 Å². The van der Waals surface area contributed by atoms with Crippen molar-refractivity contribution in [2.45, 2.75) is 24.9 Å². The van der Waals surface area contributed by atoms with Crippen LogP contribution >= 0.6 is 0 Å². The van der Waals surface area contributed by atoms with Crippen molar-refractivity contribution >= 4 is 5.97 Å². The van der Waals surface area contributed by atoms with Crippen molar-refractivity contribution in [2.24, 2.45) is 11.5 Å². The predicted molar refractivity (Wildman–Crippen MR) is 120 cm³/mol. The van der Waals surface area contributed by atoms with Crippen LogP contribution < -0.4 is 16.2 Å². The topological polar surface area (TPSA) is 128 Å². The first-order valence-corrected chi connectivity index (χ1v) is 10.6. The van der Waals surface area contributed by atoms with E-state index in [0.717, 1.165) is 25.9 Å². The van der Waals surface area contributed by atoms with Gasteiger partial charge in [-0.2, -0.15) is 0 Å². The third-order valence-electron chi connectivity index (χ3n) is 5.59. The summed E-state index contributed by atoms with van der Waals surface area (Å²) in [5.74, 6) is 0.408.